The van der Waals surface area contributed by atoms with Gasteiger partial charge in [-0.3, -0.25) is 0 Å². The zero-order valence-electron chi connectivity index (χ0n) is 9.97. The van der Waals surface area contributed by atoms with E-state index in [-0.39, 0.29) is 16.6 Å². The average molecular weight is 298 g/mol. The molecule has 0 amide bonds. The van der Waals surface area contributed by atoms with Crippen molar-refractivity contribution in [2.45, 2.75) is 6.18 Å². The van der Waals surface area contributed by atoms with Gasteiger partial charge in [0, 0.05) is 5.39 Å². The van der Waals surface area contributed by atoms with Gasteiger partial charge in [0.15, 0.2) is 5.65 Å². The summed E-state index contributed by atoms with van der Waals surface area (Å²) < 4.78 is 38.6. The fraction of sp³-hybridized carbons (Fsp3) is 0.0909. The molecule has 10 heteroatoms. The molecule has 0 aliphatic rings. The first-order valence-electron chi connectivity index (χ1n) is 5.50. The lowest BCUT2D eigenvalue weighted by Gasteiger charge is -2.07. The molecule has 3 rings (SSSR count). The smallest absolute Gasteiger partial charge is 0.416 e. The zero-order valence-corrected chi connectivity index (χ0v) is 9.97. The molecule has 0 fully saturated rings. The number of hydrogen-bond acceptors (Lipinski definition) is 4. The van der Waals surface area contributed by atoms with Crippen LogP contribution in [0.1, 0.15) is 16.2 Å². The highest BCUT2D eigenvalue weighted by atomic mass is 19.4. The highest BCUT2D eigenvalue weighted by Crippen LogP contribution is 2.31. The van der Waals surface area contributed by atoms with Crippen molar-refractivity contribution >= 4 is 22.5 Å². The second-order valence-corrected chi connectivity index (χ2v) is 4.16. The van der Waals surface area contributed by atoms with Crippen LogP contribution in [0.4, 0.5) is 13.2 Å². The van der Waals surface area contributed by atoms with E-state index >= 15 is 0 Å². The first-order chi connectivity index (χ1) is 9.77. The van der Waals surface area contributed by atoms with Crippen molar-refractivity contribution in [2.24, 2.45) is 0 Å². The van der Waals surface area contributed by atoms with E-state index in [4.69, 9.17) is 5.11 Å². The maximum absolute atomic E-state index is 12.6. The van der Waals surface area contributed by atoms with E-state index in [1.807, 2.05) is 0 Å². The molecule has 3 aromatic rings. The number of nitrogens with zero attached hydrogens (tertiary/aromatic N) is 3. The molecule has 2 N–H and O–H groups in total. The van der Waals surface area contributed by atoms with E-state index in [1.54, 1.807) is 0 Å². The summed E-state index contributed by atoms with van der Waals surface area (Å²) in [5.74, 6) is -2.06. The van der Waals surface area contributed by atoms with Gasteiger partial charge in [-0.25, -0.2) is 14.6 Å². The van der Waals surface area contributed by atoms with Gasteiger partial charge >= 0.3 is 17.8 Å². The molecule has 0 spiro atoms. The number of aromatic carboxylic acids is 1. The van der Waals surface area contributed by atoms with Gasteiger partial charge in [-0.1, -0.05) is 0 Å². The Morgan fingerprint density at radius 2 is 2.05 bits per heavy atom. The topological polar surface area (TPSA) is 100 Å². The quantitative estimate of drug-likeness (QED) is 0.705. The number of H-pyrrole nitrogens is 1. The van der Waals surface area contributed by atoms with Crippen molar-refractivity contribution in [1.82, 2.24) is 19.6 Å². The van der Waals surface area contributed by atoms with Gasteiger partial charge in [0.2, 0.25) is 0 Å². The molecule has 0 aliphatic heterocycles. The summed E-state index contributed by atoms with van der Waals surface area (Å²) in [6, 6.07) is 2.67. The molecular weight excluding hydrogens is 293 g/mol. The molecule has 1 aromatic carbocycles. The maximum atomic E-state index is 12.6. The number of fused-ring (bicyclic) bond motifs is 3. The van der Waals surface area contributed by atoms with Crippen LogP contribution < -0.4 is 5.69 Å². The highest BCUT2D eigenvalue weighted by Gasteiger charge is 2.30. The van der Waals surface area contributed by atoms with Gasteiger partial charge in [-0.05, 0) is 18.2 Å². The zero-order chi connectivity index (χ0) is 15.4. The number of nitrogens with one attached hydrogen (secondary N) is 1. The Bertz CT molecular complexity index is 941. The minimum Gasteiger partial charge on any atom is -0.475 e. The number of rotatable bonds is 1. The van der Waals surface area contributed by atoms with Gasteiger partial charge in [0.25, 0.3) is 5.82 Å². The van der Waals surface area contributed by atoms with Crippen LogP contribution in [0.15, 0.2) is 23.0 Å². The van der Waals surface area contributed by atoms with Crippen molar-refractivity contribution in [1.29, 1.82) is 0 Å². The molecule has 0 saturated carbocycles. The van der Waals surface area contributed by atoms with Crippen LogP contribution in [0.2, 0.25) is 0 Å². The van der Waals surface area contributed by atoms with Gasteiger partial charge in [-0.2, -0.15) is 17.7 Å². The highest BCUT2D eigenvalue weighted by molar-refractivity contribution is 5.93. The van der Waals surface area contributed by atoms with E-state index in [2.05, 4.69) is 15.1 Å². The number of alkyl halides is 3. The second kappa shape index (κ2) is 4.04. The monoisotopic (exact) mass is 298 g/mol. The molecule has 0 radical (unpaired) electrons. The van der Waals surface area contributed by atoms with Gasteiger partial charge < -0.3 is 10.1 Å². The number of benzene rings is 1. The lowest BCUT2D eigenvalue weighted by molar-refractivity contribution is -0.137. The molecule has 21 heavy (non-hydrogen) atoms. The van der Waals surface area contributed by atoms with Gasteiger partial charge in [0.05, 0.1) is 11.1 Å². The molecule has 0 saturated heterocycles. The molecule has 0 bridgehead atoms. The van der Waals surface area contributed by atoms with Crippen LogP contribution in [-0.4, -0.2) is 30.7 Å². The van der Waals surface area contributed by atoms with E-state index < -0.39 is 29.2 Å². The van der Waals surface area contributed by atoms with E-state index in [9.17, 15) is 22.8 Å². The molecule has 108 valence electrons. The number of halogens is 3. The summed E-state index contributed by atoms with van der Waals surface area (Å²) in [4.78, 5) is 28.4. The third-order valence-corrected chi connectivity index (χ3v) is 2.82. The molecule has 7 nitrogen and oxygen atoms in total. The number of aromatic amines is 1. The third-order valence-electron chi connectivity index (χ3n) is 2.82. The standard InChI is InChI=1S/C11H5F3N4O3/c12-11(13,14)4-1-2-5-6(3-4)15-10(21)18-8(5)16-7(17-18)9(19)20/h1-3H,(H,15,21)(H,19,20). The Kier molecular flexibility index (Phi) is 2.52. The second-order valence-electron chi connectivity index (χ2n) is 4.16. The van der Waals surface area contributed by atoms with E-state index in [0.717, 1.165) is 18.2 Å². The first kappa shape index (κ1) is 13.1. The van der Waals surface area contributed by atoms with Gasteiger partial charge in [0.1, 0.15) is 0 Å². The minimum atomic E-state index is -4.56. The number of carboxylic acids is 1. The van der Waals surface area contributed by atoms with Crippen LogP contribution in [0.5, 0.6) is 0 Å². The fourth-order valence-electron chi connectivity index (χ4n) is 1.91. The number of carbonyl (C=O) groups is 1. The summed E-state index contributed by atoms with van der Waals surface area (Å²) in [5.41, 5.74) is -2.05. The molecule has 2 heterocycles. The third kappa shape index (κ3) is 2.00. The average Bonchev–Trinajstić information content (AvgIpc) is 2.83. The minimum absolute atomic E-state index is 0.105. The Balaban J connectivity index is 2.39. The summed E-state index contributed by atoms with van der Waals surface area (Å²) in [6.45, 7) is 0. The fourth-order valence-corrected chi connectivity index (χ4v) is 1.91. The largest absolute Gasteiger partial charge is 0.475 e. The lowest BCUT2D eigenvalue weighted by atomic mass is 10.1. The van der Waals surface area contributed by atoms with Crippen LogP contribution in [0.3, 0.4) is 0 Å². The maximum Gasteiger partial charge on any atom is 0.416 e. The number of hydrogen-bond donors (Lipinski definition) is 2. The predicted octanol–water partition coefficient (Wildman–Crippen LogP) is 1.29. The van der Waals surface area contributed by atoms with Crippen molar-refractivity contribution in [3.05, 3.63) is 40.1 Å². The van der Waals surface area contributed by atoms with Crippen LogP contribution in [0.25, 0.3) is 16.6 Å². The van der Waals surface area contributed by atoms with E-state index in [1.165, 1.54) is 0 Å². The Labute approximate surface area is 112 Å². The van der Waals surface area contributed by atoms with Crippen molar-refractivity contribution < 1.29 is 23.1 Å². The normalized spacial score (nSPS) is 12.1. The molecule has 0 aliphatic carbocycles. The Morgan fingerprint density at radius 1 is 1.33 bits per heavy atom. The van der Waals surface area contributed by atoms with E-state index in [0.29, 0.717) is 4.52 Å². The van der Waals surface area contributed by atoms with Crippen LogP contribution in [-0.2, 0) is 6.18 Å². The first-order valence-corrected chi connectivity index (χ1v) is 5.50. The lowest BCUT2D eigenvalue weighted by Crippen LogP contribution is -2.18. The summed E-state index contributed by atoms with van der Waals surface area (Å²) in [7, 11) is 0. The van der Waals surface area contributed by atoms with Crippen molar-refractivity contribution in [2.75, 3.05) is 0 Å². The SMILES string of the molecule is O=C(O)c1nc2c3ccc(C(F)(F)F)cc3[nH]c(=O)n2n1. The Hall–Kier alpha value is -2.91. The molecular formula is C11H5F3N4O3. The summed E-state index contributed by atoms with van der Waals surface area (Å²) in [5, 5.41) is 12.4. The van der Waals surface area contributed by atoms with Crippen LogP contribution in [0, 0.1) is 0 Å². The molecule has 2 aromatic heterocycles. The molecule has 0 unspecified atom stereocenters. The number of aromatic nitrogens is 4. The van der Waals surface area contributed by atoms with Gasteiger partial charge in [-0.15, -0.1) is 5.10 Å². The van der Waals surface area contributed by atoms with Crippen LogP contribution >= 0.6 is 0 Å². The summed E-state index contributed by atoms with van der Waals surface area (Å²) >= 11 is 0. The predicted molar refractivity (Wildman–Crippen MR) is 63.1 cm³/mol. The molecule has 0 atom stereocenters. The Morgan fingerprint density at radius 3 is 2.67 bits per heavy atom. The number of carboxylic acid groups (broad SMARTS) is 1. The van der Waals surface area contributed by atoms with Crippen molar-refractivity contribution in [3.63, 3.8) is 0 Å². The van der Waals surface area contributed by atoms with Crippen molar-refractivity contribution in [3.8, 4) is 0 Å². The summed E-state index contributed by atoms with van der Waals surface area (Å²) in [6.07, 6.45) is -4.56.